The van der Waals surface area contributed by atoms with E-state index in [9.17, 15) is 0 Å². The molecule has 0 aliphatic carbocycles. The van der Waals surface area contributed by atoms with Crippen LogP contribution in [0.2, 0.25) is 15.1 Å². The van der Waals surface area contributed by atoms with Gasteiger partial charge in [-0.15, -0.1) is 10.2 Å². The minimum Gasteiger partial charge on any atom is -0.493 e. The topological polar surface area (TPSA) is 72.9 Å². The average molecular weight is 386 g/mol. The van der Waals surface area contributed by atoms with E-state index in [1.54, 1.807) is 30.3 Å². The maximum absolute atomic E-state index is 6.32. The molecular weight excluding hydrogens is 375 g/mol. The molecule has 0 spiro atoms. The molecule has 0 amide bonds. The first-order valence-electron chi connectivity index (χ1n) is 6.76. The van der Waals surface area contributed by atoms with Crippen LogP contribution in [0.15, 0.2) is 30.3 Å². The first-order valence-corrected chi connectivity index (χ1v) is 7.90. The van der Waals surface area contributed by atoms with Gasteiger partial charge in [-0.1, -0.05) is 40.9 Å². The normalized spacial score (nSPS) is 10.7. The van der Waals surface area contributed by atoms with E-state index >= 15 is 0 Å². The monoisotopic (exact) mass is 384 g/mol. The lowest BCUT2D eigenvalue weighted by Gasteiger charge is -2.14. The Morgan fingerprint density at radius 3 is 2.58 bits per heavy atom. The molecule has 1 heterocycles. The van der Waals surface area contributed by atoms with Crippen LogP contribution < -0.4 is 9.47 Å². The third kappa shape index (κ3) is 3.56. The Balaban J connectivity index is 1.87. The molecule has 124 valence electrons. The summed E-state index contributed by atoms with van der Waals surface area (Å²) in [5, 5.41) is 15.2. The number of halogens is 3. The Morgan fingerprint density at radius 1 is 1.08 bits per heavy atom. The van der Waals surface area contributed by atoms with Crippen LogP contribution in [0.5, 0.6) is 11.5 Å². The molecule has 0 aliphatic rings. The van der Waals surface area contributed by atoms with Gasteiger partial charge < -0.3 is 9.47 Å². The fourth-order valence-electron chi connectivity index (χ4n) is 2.06. The molecular formula is C15H11Cl3N4O2. The molecule has 0 saturated heterocycles. The van der Waals surface area contributed by atoms with Gasteiger partial charge in [0.15, 0.2) is 11.5 Å². The number of aromatic nitrogens is 4. The van der Waals surface area contributed by atoms with Crippen LogP contribution in [0, 0.1) is 0 Å². The Labute approximate surface area is 152 Å². The van der Waals surface area contributed by atoms with Crippen molar-refractivity contribution in [3.63, 3.8) is 0 Å². The van der Waals surface area contributed by atoms with Gasteiger partial charge in [0.05, 0.1) is 12.1 Å². The molecule has 0 unspecified atom stereocenters. The summed E-state index contributed by atoms with van der Waals surface area (Å²) in [5.74, 6) is 1.26. The van der Waals surface area contributed by atoms with Crippen LogP contribution in [0.3, 0.4) is 0 Å². The van der Waals surface area contributed by atoms with E-state index < -0.39 is 0 Å². The van der Waals surface area contributed by atoms with Crippen LogP contribution in [-0.2, 0) is 6.61 Å². The lowest BCUT2D eigenvalue weighted by molar-refractivity contribution is 0.285. The molecule has 3 aromatic rings. The van der Waals surface area contributed by atoms with Gasteiger partial charge in [0.1, 0.15) is 6.61 Å². The first-order chi connectivity index (χ1) is 11.6. The summed E-state index contributed by atoms with van der Waals surface area (Å²) in [4.78, 5) is 0. The molecule has 6 nitrogen and oxygen atoms in total. The van der Waals surface area contributed by atoms with E-state index in [2.05, 4.69) is 20.6 Å². The third-order valence-electron chi connectivity index (χ3n) is 3.22. The second-order valence-electron chi connectivity index (χ2n) is 4.75. The molecule has 0 fully saturated rings. The van der Waals surface area contributed by atoms with Gasteiger partial charge in [-0.05, 0) is 29.5 Å². The van der Waals surface area contributed by atoms with Crippen molar-refractivity contribution in [2.45, 2.75) is 6.61 Å². The second kappa shape index (κ2) is 7.25. The fourth-order valence-corrected chi connectivity index (χ4v) is 2.79. The maximum Gasteiger partial charge on any atom is 0.204 e. The van der Waals surface area contributed by atoms with E-state index in [1.165, 1.54) is 7.11 Å². The molecule has 1 N–H and O–H groups in total. The van der Waals surface area contributed by atoms with Crippen molar-refractivity contribution in [1.82, 2.24) is 20.6 Å². The predicted molar refractivity (Wildman–Crippen MR) is 92.0 cm³/mol. The van der Waals surface area contributed by atoms with Crippen LogP contribution in [0.1, 0.15) is 5.56 Å². The van der Waals surface area contributed by atoms with Crippen molar-refractivity contribution in [3.8, 4) is 22.9 Å². The van der Waals surface area contributed by atoms with Crippen LogP contribution in [-0.4, -0.2) is 27.7 Å². The molecule has 0 bridgehead atoms. The predicted octanol–water partition coefficient (Wildman–Crippen LogP) is 4.41. The minimum atomic E-state index is 0.216. The van der Waals surface area contributed by atoms with Crippen molar-refractivity contribution >= 4 is 34.8 Å². The number of ether oxygens (including phenoxy) is 2. The highest BCUT2D eigenvalue weighted by atomic mass is 35.5. The number of benzene rings is 2. The zero-order valence-corrected chi connectivity index (χ0v) is 14.7. The minimum absolute atomic E-state index is 0.216. The average Bonchev–Trinajstić information content (AvgIpc) is 3.09. The first kappa shape index (κ1) is 16.8. The van der Waals surface area contributed by atoms with Crippen molar-refractivity contribution in [2.24, 2.45) is 0 Å². The lowest BCUT2D eigenvalue weighted by atomic mass is 10.2. The maximum atomic E-state index is 6.32. The van der Waals surface area contributed by atoms with Gasteiger partial charge >= 0.3 is 0 Å². The van der Waals surface area contributed by atoms with Gasteiger partial charge in [0.25, 0.3) is 0 Å². The summed E-state index contributed by atoms with van der Waals surface area (Å²) < 4.78 is 11.1. The summed E-state index contributed by atoms with van der Waals surface area (Å²) in [7, 11) is 1.52. The summed E-state index contributed by atoms with van der Waals surface area (Å²) >= 11 is 18.3. The van der Waals surface area contributed by atoms with Crippen LogP contribution in [0.25, 0.3) is 11.4 Å². The number of hydrogen-bond donors (Lipinski definition) is 1. The zero-order chi connectivity index (χ0) is 17.1. The van der Waals surface area contributed by atoms with Crippen LogP contribution in [0.4, 0.5) is 0 Å². The molecule has 24 heavy (non-hydrogen) atoms. The molecule has 1 aromatic heterocycles. The summed E-state index contributed by atoms with van der Waals surface area (Å²) in [6, 6.07) is 8.58. The molecule has 0 saturated carbocycles. The summed E-state index contributed by atoms with van der Waals surface area (Å²) in [6.45, 7) is 0.216. The summed E-state index contributed by atoms with van der Waals surface area (Å²) in [6.07, 6.45) is 0. The molecule has 0 atom stereocenters. The Hall–Kier alpha value is -2.02. The molecule has 9 heteroatoms. The molecule has 2 aromatic carbocycles. The number of methoxy groups -OCH3 is 1. The molecule has 3 rings (SSSR count). The van der Waals surface area contributed by atoms with Crippen molar-refractivity contribution in [2.75, 3.05) is 7.11 Å². The lowest BCUT2D eigenvalue weighted by Crippen LogP contribution is -2.00. The Morgan fingerprint density at radius 2 is 1.92 bits per heavy atom. The highest BCUT2D eigenvalue weighted by Crippen LogP contribution is 2.39. The van der Waals surface area contributed by atoms with E-state index in [4.69, 9.17) is 44.3 Å². The standard InChI is InChI=1S/C15H11Cl3N4O2/c1-23-13-5-9(15-19-21-22-20-15)4-12(18)14(13)24-7-8-2-3-10(16)6-11(8)17/h2-6H,7H2,1H3,(H,19,20,21,22). The fraction of sp³-hybridized carbons (Fsp3) is 0.133. The SMILES string of the molecule is COc1cc(-c2nn[nH]n2)cc(Cl)c1OCc1ccc(Cl)cc1Cl. The van der Waals surface area contributed by atoms with Crippen molar-refractivity contribution in [1.29, 1.82) is 0 Å². The number of rotatable bonds is 5. The van der Waals surface area contributed by atoms with E-state index in [-0.39, 0.29) is 6.61 Å². The number of aromatic amines is 1. The number of nitrogens with zero attached hydrogens (tertiary/aromatic N) is 3. The smallest absolute Gasteiger partial charge is 0.204 e. The highest BCUT2D eigenvalue weighted by Gasteiger charge is 2.15. The van der Waals surface area contributed by atoms with E-state index in [0.717, 1.165) is 5.56 Å². The highest BCUT2D eigenvalue weighted by molar-refractivity contribution is 6.35. The summed E-state index contributed by atoms with van der Waals surface area (Å²) in [5.41, 5.74) is 1.43. The van der Waals surface area contributed by atoms with Gasteiger partial charge in [-0.3, -0.25) is 0 Å². The number of nitrogens with one attached hydrogen (secondary N) is 1. The second-order valence-corrected chi connectivity index (χ2v) is 6.00. The van der Waals surface area contributed by atoms with Gasteiger partial charge in [0, 0.05) is 21.2 Å². The Kier molecular flexibility index (Phi) is 5.08. The van der Waals surface area contributed by atoms with Crippen LogP contribution >= 0.6 is 34.8 Å². The van der Waals surface area contributed by atoms with Gasteiger partial charge in [0.2, 0.25) is 5.82 Å². The van der Waals surface area contributed by atoms with Gasteiger partial charge in [-0.2, -0.15) is 5.21 Å². The third-order valence-corrected chi connectivity index (χ3v) is 4.09. The largest absolute Gasteiger partial charge is 0.493 e. The molecule has 0 radical (unpaired) electrons. The molecule has 0 aliphatic heterocycles. The number of H-pyrrole nitrogens is 1. The number of tetrazole rings is 1. The zero-order valence-electron chi connectivity index (χ0n) is 12.4. The van der Waals surface area contributed by atoms with Crippen molar-refractivity contribution in [3.05, 3.63) is 51.0 Å². The quantitative estimate of drug-likeness (QED) is 0.704. The number of hydrogen-bond acceptors (Lipinski definition) is 5. The van der Waals surface area contributed by atoms with Gasteiger partial charge in [-0.25, -0.2) is 0 Å². The van der Waals surface area contributed by atoms with E-state index in [1.807, 2.05) is 0 Å². The Bertz CT molecular complexity index is 856. The van der Waals surface area contributed by atoms with E-state index in [0.29, 0.717) is 38.0 Å². The van der Waals surface area contributed by atoms with Crippen molar-refractivity contribution < 1.29 is 9.47 Å².